The summed E-state index contributed by atoms with van der Waals surface area (Å²) in [4.78, 5) is 16.5. The second-order valence-electron chi connectivity index (χ2n) is 4.12. The molecule has 0 saturated heterocycles. The lowest BCUT2D eigenvalue weighted by atomic mass is 10.1. The van der Waals surface area contributed by atoms with Crippen LogP contribution in [0.4, 0.5) is 5.13 Å². The predicted molar refractivity (Wildman–Crippen MR) is 74.8 cm³/mol. The number of nitrogen functional groups attached to an aromatic ring is 1. The monoisotopic (exact) mass is 277 g/mol. The maximum atomic E-state index is 11.9. The van der Waals surface area contributed by atoms with E-state index in [2.05, 4.69) is 10.3 Å². The Balaban J connectivity index is 1.98. The Morgan fingerprint density at radius 1 is 1.37 bits per heavy atom. The van der Waals surface area contributed by atoms with Crippen molar-refractivity contribution >= 4 is 22.4 Å². The molecule has 0 spiro atoms. The normalized spacial score (nSPS) is 10.4. The summed E-state index contributed by atoms with van der Waals surface area (Å²) in [5, 5.41) is 12.2. The third-order valence-corrected chi connectivity index (χ3v) is 3.66. The Labute approximate surface area is 115 Å². The zero-order valence-corrected chi connectivity index (χ0v) is 11.3. The highest BCUT2D eigenvalue weighted by Gasteiger charge is 2.13. The van der Waals surface area contributed by atoms with Gasteiger partial charge in [0, 0.05) is 6.54 Å². The smallest absolute Gasteiger partial charge is 0.263 e. The van der Waals surface area contributed by atoms with Crippen molar-refractivity contribution in [3.8, 4) is 0 Å². The molecule has 0 saturated carbocycles. The third-order valence-electron chi connectivity index (χ3n) is 2.68. The number of thiazole rings is 1. The van der Waals surface area contributed by atoms with Crippen LogP contribution in [0.3, 0.4) is 0 Å². The molecule has 0 bridgehead atoms. The van der Waals surface area contributed by atoms with Gasteiger partial charge in [-0.1, -0.05) is 35.6 Å². The van der Waals surface area contributed by atoms with Crippen LogP contribution in [0.25, 0.3) is 0 Å². The van der Waals surface area contributed by atoms with Gasteiger partial charge in [-0.25, -0.2) is 4.98 Å². The maximum Gasteiger partial charge on any atom is 0.263 e. The van der Waals surface area contributed by atoms with E-state index in [-0.39, 0.29) is 12.5 Å². The highest BCUT2D eigenvalue weighted by molar-refractivity contribution is 7.17. The van der Waals surface area contributed by atoms with Crippen LogP contribution in [0.1, 0.15) is 26.5 Å². The molecule has 0 atom stereocenters. The van der Waals surface area contributed by atoms with E-state index >= 15 is 0 Å². The van der Waals surface area contributed by atoms with E-state index in [1.54, 1.807) is 6.92 Å². The second-order valence-corrected chi connectivity index (χ2v) is 5.15. The number of aliphatic hydroxyl groups is 1. The summed E-state index contributed by atoms with van der Waals surface area (Å²) >= 11 is 1.19. The van der Waals surface area contributed by atoms with Gasteiger partial charge in [-0.05, 0) is 18.1 Å². The first-order chi connectivity index (χ1) is 9.10. The van der Waals surface area contributed by atoms with Gasteiger partial charge in [0.2, 0.25) is 0 Å². The van der Waals surface area contributed by atoms with Crippen LogP contribution >= 0.6 is 11.3 Å². The van der Waals surface area contributed by atoms with Gasteiger partial charge < -0.3 is 16.2 Å². The number of anilines is 1. The lowest BCUT2D eigenvalue weighted by Gasteiger charge is -2.05. The zero-order chi connectivity index (χ0) is 13.8. The Morgan fingerprint density at radius 2 is 2.00 bits per heavy atom. The molecule has 0 radical (unpaired) electrons. The molecule has 1 aromatic heterocycles. The molecule has 0 aliphatic heterocycles. The fourth-order valence-corrected chi connectivity index (χ4v) is 2.40. The van der Waals surface area contributed by atoms with Crippen LogP contribution in [-0.4, -0.2) is 16.0 Å². The largest absolute Gasteiger partial charge is 0.392 e. The van der Waals surface area contributed by atoms with Gasteiger partial charge in [-0.15, -0.1) is 0 Å². The second kappa shape index (κ2) is 5.81. The Hall–Kier alpha value is -1.92. The molecule has 2 aromatic rings. The number of rotatable bonds is 4. The van der Waals surface area contributed by atoms with E-state index < -0.39 is 0 Å². The van der Waals surface area contributed by atoms with Crippen molar-refractivity contribution in [1.29, 1.82) is 0 Å². The number of aromatic nitrogens is 1. The first-order valence-corrected chi connectivity index (χ1v) is 6.61. The van der Waals surface area contributed by atoms with Gasteiger partial charge >= 0.3 is 0 Å². The number of benzene rings is 1. The SMILES string of the molecule is Cc1nc(N)sc1C(=O)NCc1ccc(CO)cc1. The number of nitrogens with one attached hydrogen (secondary N) is 1. The molecule has 0 unspecified atom stereocenters. The number of nitrogens with two attached hydrogens (primary N) is 1. The van der Waals surface area contributed by atoms with Crippen molar-refractivity contribution in [2.45, 2.75) is 20.1 Å². The van der Waals surface area contributed by atoms with Gasteiger partial charge in [0.1, 0.15) is 4.88 Å². The van der Waals surface area contributed by atoms with Crippen molar-refractivity contribution in [2.24, 2.45) is 0 Å². The molecule has 2 rings (SSSR count). The summed E-state index contributed by atoms with van der Waals surface area (Å²) in [6, 6.07) is 7.41. The van der Waals surface area contributed by atoms with E-state index in [0.717, 1.165) is 11.1 Å². The molecule has 1 amide bonds. The number of hydrogen-bond donors (Lipinski definition) is 3. The van der Waals surface area contributed by atoms with E-state index in [9.17, 15) is 4.79 Å². The Bertz CT molecular complexity index is 578. The molecular formula is C13H15N3O2S. The standard InChI is InChI=1S/C13H15N3O2S/c1-8-11(19-13(14)16-8)12(18)15-6-9-2-4-10(7-17)5-3-9/h2-5,17H,6-7H2,1H3,(H2,14,16)(H,15,18). The van der Waals surface area contributed by atoms with Crippen molar-refractivity contribution in [1.82, 2.24) is 10.3 Å². The lowest BCUT2D eigenvalue weighted by Crippen LogP contribution is -2.22. The molecule has 19 heavy (non-hydrogen) atoms. The summed E-state index contributed by atoms with van der Waals surface area (Å²) in [7, 11) is 0. The molecule has 100 valence electrons. The highest BCUT2D eigenvalue weighted by Crippen LogP contribution is 2.19. The molecule has 1 heterocycles. The molecule has 0 fully saturated rings. The minimum absolute atomic E-state index is 0.0198. The van der Waals surface area contributed by atoms with Crippen LogP contribution in [-0.2, 0) is 13.2 Å². The fourth-order valence-electron chi connectivity index (χ4n) is 1.65. The number of amides is 1. The summed E-state index contributed by atoms with van der Waals surface area (Å²) in [5.41, 5.74) is 8.03. The van der Waals surface area contributed by atoms with Gasteiger partial charge in [-0.2, -0.15) is 0 Å². The Kier molecular flexibility index (Phi) is 4.13. The molecule has 0 aliphatic carbocycles. The summed E-state index contributed by atoms with van der Waals surface area (Å²) < 4.78 is 0. The summed E-state index contributed by atoms with van der Waals surface area (Å²) in [5.74, 6) is -0.169. The van der Waals surface area contributed by atoms with Crippen LogP contribution in [0.2, 0.25) is 0 Å². The van der Waals surface area contributed by atoms with Crippen molar-refractivity contribution in [3.63, 3.8) is 0 Å². The van der Waals surface area contributed by atoms with Gasteiger partial charge in [0.05, 0.1) is 12.3 Å². The first kappa shape index (κ1) is 13.5. The number of hydrogen-bond acceptors (Lipinski definition) is 5. The van der Waals surface area contributed by atoms with E-state index in [1.165, 1.54) is 11.3 Å². The van der Waals surface area contributed by atoms with E-state index in [1.807, 2.05) is 24.3 Å². The average Bonchev–Trinajstić information content (AvgIpc) is 2.75. The Morgan fingerprint density at radius 3 is 2.53 bits per heavy atom. The number of carbonyl (C=O) groups excluding carboxylic acids is 1. The zero-order valence-electron chi connectivity index (χ0n) is 10.5. The molecule has 4 N–H and O–H groups in total. The van der Waals surface area contributed by atoms with E-state index in [0.29, 0.717) is 22.2 Å². The molecule has 5 nitrogen and oxygen atoms in total. The number of nitrogens with zero attached hydrogens (tertiary/aromatic N) is 1. The van der Waals surface area contributed by atoms with Crippen LogP contribution in [0.5, 0.6) is 0 Å². The predicted octanol–water partition coefficient (Wildman–Crippen LogP) is 1.46. The van der Waals surface area contributed by atoms with E-state index in [4.69, 9.17) is 10.8 Å². The molecule has 1 aromatic carbocycles. The number of aryl methyl sites for hydroxylation is 1. The maximum absolute atomic E-state index is 11.9. The first-order valence-electron chi connectivity index (χ1n) is 5.80. The van der Waals surface area contributed by atoms with Gasteiger partial charge in [0.25, 0.3) is 5.91 Å². The number of carbonyl (C=O) groups is 1. The van der Waals surface area contributed by atoms with Crippen molar-refractivity contribution in [3.05, 3.63) is 46.0 Å². The topological polar surface area (TPSA) is 88.2 Å². The van der Waals surface area contributed by atoms with Crippen LogP contribution < -0.4 is 11.1 Å². The summed E-state index contributed by atoms with van der Waals surface area (Å²) in [6.07, 6.45) is 0. The average molecular weight is 277 g/mol. The quantitative estimate of drug-likeness (QED) is 0.789. The fraction of sp³-hybridized carbons (Fsp3) is 0.231. The van der Waals surface area contributed by atoms with Crippen LogP contribution in [0, 0.1) is 6.92 Å². The lowest BCUT2D eigenvalue weighted by molar-refractivity contribution is 0.0954. The molecule has 6 heteroatoms. The van der Waals surface area contributed by atoms with Crippen LogP contribution in [0.15, 0.2) is 24.3 Å². The number of aliphatic hydroxyl groups excluding tert-OH is 1. The van der Waals surface area contributed by atoms with Crippen molar-refractivity contribution in [2.75, 3.05) is 5.73 Å². The van der Waals surface area contributed by atoms with Crippen molar-refractivity contribution < 1.29 is 9.90 Å². The minimum atomic E-state index is -0.169. The van der Waals surface area contributed by atoms with Gasteiger partial charge in [0.15, 0.2) is 5.13 Å². The highest BCUT2D eigenvalue weighted by atomic mass is 32.1. The summed E-state index contributed by atoms with van der Waals surface area (Å²) in [6.45, 7) is 2.21. The minimum Gasteiger partial charge on any atom is -0.392 e. The van der Waals surface area contributed by atoms with Gasteiger partial charge in [-0.3, -0.25) is 4.79 Å². The molecular weight excluding hydrogens is 262 g/mol. The molecule has 0 aliphatic rings. The third kappa shape index (κ3) is 3.30.